The van der Waals surface area contributed by atoms with Crippen LogP contribution in [-0.4, -0.2) is 16.8 Å². The summed E-state index contributed by atoms with van der Waals surface area (Å²) < 4.78 is 2.13. The average molecular weight is 271 g/mol. The first-order valence-electron chi connectivity index (χ1n) is 7.37. The maximum atomic E-state index is 4.68. The highest BCUT2D eigenvalue weighted by atomic mass is 15.3. The number of nitrogens with one attached hydrogen (secondary N) is 1. The molecule has 0 radical (unpaired) electrons. The first-order chi connectivity index (χ1) is 9.58. The van der Waals surface area contributed by atoms with Crippen LogP contribution in [0.5, 0.6) is 0 Å². The lowest BCUT2D eigenvalue weighted by molar-refractivity contribution is 0.583. The largest absolute Gasteiger partial charge is 0.316 e. The standard InChI is InChI=1S/C17H25N3/c1-6-9-20-14(4)17(13(3)19-20)16-8-7-15(11-18-5)10-12(16)2/h7-8,10,18H,6,9,11H2,1-5H3. The summed E-state index contributed by atoms with van der Waals surface area (Å²) in [5.41, 5.74) is 7.65. The van der Waals surface area contributed by atoms with Crippen molar-refractivity contribution >= 4 is 0 Å². The van der Waals surface area contributed by atoms with Crippen molar-refractivity contribution in [2.24, 2.45) is 0 Å². The smallest absolute Gasteiger partial charge is 0.0675 e. The Labute approximate surface area is 122 Å². The fraction of sp³-hybridized carbons (Fsp3) is 0.471. The molecule has 1 N–H and O–H groups in total. The molecule has 0 aliphatic rings. The van der Waals surface area contributed by atoms with Gasteiger partial charge in [-0.1, -0.05) is 25.1 Å². The molecule has 0 saturated heterocycles. The predicted molar refractivity (Wildman–Crippen MR) is 84.9 cm³/mol. The third kappa shape index (κ3) is 2.78. The fourth-order valence-electron chi connectivity index (χ4n) is 2.84. The van der Waals surface area contributed by atoms with E-state index in [1.807, 2.05) is 7.05 Å². The SMILES string of the molecule is CCCn1nc(C)c(-c2ccc(CNC)cc2C)c1C. The van der Waals surface area contributed by atoms with Gasteiger partial charge < -0.3 is 5.32 Å². The van der Waals surface area contributed by atoms with Crippen molar-refractivity contribution in [2.75, 3.05) is 7.05 Å². The van der Waals surface area contributed by atoms with Crippen molar-refractivity contribution in [3.05, 3.63) is 40.7 Å². The zero-order valence-corrected chi connectivity index (χ0v) is 13.2. The van der Waals surface area contributed by atoms with Crippen LogP contribution in [0.4, 0.5) is 0 Å². The number of rotatable bonds is 5. The molecule has 1 heterocycles. The van der Waals surface area contributed by atoms with Gasteiger partial charge in [0, 0.05) is 24.3 Å². The van der Waals surface area contributed by atoms with E-state index in [1.165, 1.54) is 27.9 Å². The highest BCUT2D eigenvalue weighted by Gasteiger charge is 2.14. The van der Waals surface area contributed by atoms with Crippen LogP contribution in [0.1, 0.15) is 35.9 Å². The van der Waals surface area contributed by atoms with Crippen molar-refractivity contribution in [1.82, 2.24) is 15.1 Å². The second kappa shape index (κ2) is 6.23. The molecule has 0 aliphatic heterocycles. The summed E-state index contributed by atoms with van der Waals surface area (Å²) in [6.07, 6.45) is 1.11. The third-order valence-corrected chi connectivity index (χ3v) is 3.76. The Kier molecular flexibility index (Phi) is 4.61. The molecule has 0 bridgehead atoms. The molecule has 20 heavy (non-hydrogen) atoms. The van der Waals surface area contributed by atoms with Gasteiger partial charge in [-0.2, -0.15) is 5.10 Å². The Morgan fingerprint density at radius 3 is 2.55 bits per heavy atom. The van der Waals surface area contributed by atoms with Crippen LogP contribution in [0.3, 0.4) is 0 Å². The molecule has 0 unspecified atom stereocenters. The Balaban J connectivity index is 2.46. The number of aromatic nitrogens is 2. The molecule has 0 fully saturated rings. The van der Waals surface area contributed by atoms with Gasteiger partial charge in [0.05, 0.1) is 5.69 Å². The van der Waals surface area contributed by atoms with E-state index < -0.39 is 0 Å². The lowest BCUT2D eigenvalue weighted by Crippen LogP contribution is -2.05. The molecule has 3 heteroatoms. The first kappa shape index (κ1) is 14.8. The third-order valence-electron chi connectivity index (χ3n) is 3.76. The molecule has 2 rings (SSSR count). The van der Waals surface area contributed by atoms with E-state index in [4.69, 9.17) is 0 Å². The van der Waals surface area contributed by atoms with Crippen molar-refractivity contribution in [2.45, 2.75) is 47.2 Å². The van der Waals surface area contributed by atoms with Crippen LogP contribution in [0.25, 0.3) is 11.1 Å². The number of hydrogen-bond acceptors (Lipinski definition) is 2. The molecule has 108 valence electrons. The summed E-state index contributed by atoms with van der Waals surface area (Å²) in [5, 5.41) is 7.88. The van der Waals surface area contributed by atoms with Gasteiger partial charge in [0.2, 0.25) is 0 Å². The maximum Gasteiger partial charge on any atom is 0.0675 e. The minimum atomic E-state index is 0.911. The second-order valence-corrected chi connectivity index (χ2v) is 5.45. The van der Waals surface area contributed by atoms with E-state index in [-0.39, 0.29) is 0 Å². The first-order valence-corrected chi connectivity index (χ1v) is 7.37. The van der Waals surface area contributed by atoms with E-state index in [1.54, 1.807) is 0 Å². The molecule has 0 atom stereocenters. The number of nitrogens with zero attached hydrogens (tertiary/aromatic N) is 2. The van der Waals surface area contributed by atoms with Gasteiger partial charge in [-0.3, -0.25) is 4.68 Å². The molecule has 0 aliphatic carbocycles. The minimum Gasteiger partial charge on any atom is -0.316 e. The molecule has 0 spiro atoms. The second-order valence-electron chi connectivity index (χ2n) is 5.45. The average Bonchev–Trinajstić information content (AvgIpc) is 2.67. The Morgan fingerprint density at radius 2 is 1.95 bits per heavy atom. The molecular weight excluding hydrogens is 246 g/mol. The lowest BCUT2D eigenvalue weighted by atomic mass is 9.97. The highest BCUT2D eigenvalue weighted by molar-refractivity contribution is 5.72. The molecule has 1 aromatic carbocycles. The van der Waals surface area contributed by atoms with Crippen molar-refractivity contribution in [3.8, 4) is 11.1 Å². The monoisotopic (exact) mass is 271 g/mol. The molecule has 1 aromatic heterocycles. The number of aryl methyl sites for hydroxylation is 3. The van der Waals surface area contributed by atoms with E-state index in [9.17, 15) is 0 Å². The van der Waals surface area contributed by atoms with Gasteiger partial charge in [-0.15, -0.1) is 0 Å². The normalized spacial score (nSPS) is 11.1. The van der Waals surface area contributed by atoms with Gasteiger partial charge in [0.15, 0.2) is 0 Å². The minimum absolute atomic E-state index is 0.911. The van der Waals surface area contributed by atoms with Crippen molar-refractivity contribution < 1.29 is 0 Å². The summed E-state index contributed by atoms with van der Waals surface area (Å²) in [6.45, 7) is 10.6. The molecule has 0 amide bonds. The van der Waals surface area contributed by atoms with Crippen LogP contribution >= 0.6 is 0 Å². The maximum absolute atomic E-state index is 4.68. The van der Waals surface area contributed by atoms with Crippen molar-refractivity contribution in [3.63, 3.8) is 0 Å². The van der Waals surface area contributed by atoms with E-state index >= 15 is 0 Å². The van der Waals surface area contributed by atoms with Crippen LogP contribution in [-0.2, 0) is 13.1 Å². The fourth-order valence-corrected chi connectivity index (χ4v) is 2.84. The molecule has 3 nitrogen and oxygen atoms in total. The summed E-state index contributed by atoms with van der Waals surface area (Å²) in [4.78, 5) is 0. The van der Waals surface area contributed by atoms with E-state index in [2.05, 4.69) is 61.0 Å². The summed E-state index contributed by atoms with van der Waals surface area (Å²) in [7, 11) is 1.98. The van der Waals surface area contributed by atoms with Gasteiger partial charge in [0.25, 0.3) is 0 Å². The quantitative estimate of drug-likeness (QED) is 0.900. The van der Waals surface area contributed by atoms with Gasteiger partial charge in [-0.05, 0) is 50.9 Å². The summed E-state index contributed by atoms with van der Waals surface area (Å²) in [5.74, 6) is 0. The van der Waals surface area contributed by atoms with Crippen molar-refractivity contribution in [1.29, 1.82) is 0 Å². The molecular formula is C17H25N3. The van der Waals surface area contributed by atoms with Crippen LogP contribution in [0.2, 0.25) is 0 Å². The Hall–Kier alpha value is -1.61. The lowest BCUT2D eigenvalue weighted by Gasteiger charge is -2.10. The highest BCUT2D eigenvalue weighted by Crippen LogP contribution is 2.30. The predicted octanol–water partition coefficient (Wildman–Crippen LogP) is 3.60. The zero-order chi connectivity index (χ0) is 14.7. The molecule has 2 aromatic rings. The topological polar surface area (TPSA) is 29.9 Å². The van der Waals surface area contributed by atoms with Gasteiger partial charge in [-0.25, -0.2) is 0 Å². The number of hydrogen-bond donors (Lipinski definition) is 1. The van der Waals surface area contributed by atoms with Crippen LogP contribution in [0.15, 0.2) is 18.2 Å². The Bertz CT molecular complexity index is 597. The van der Waals surface area contributed by atoms with Gasteiger partial charge >= 0.3 is 0 Å². The number of benzene rings is 1. The van der Waals surface area contributed by atoms with Gasteiger partial charge in [0.1, 0.15) is 0 Å². The van der Waals surface area contributed by atoms with Crippen LogP contribution in [0, 0.1) is 20.8 Å². The zero-order valence-electron chi connectivity index (χ0n) is 13.2. The Morgan fingerprint density at radius 1 is 1.20 bits per heavy atom. The summed E-state index contributed by atoms with van der Waals surface area (Å²) >= 11 is 0. The van der Waals surface area contributed by atoms with E-state index in [0.717, 1.165) is 25.2 Å². The van der Waals surface area contributed by atoms with Crippen LogP contribution < -0.4 is 5.32 Å². The molecule has 0 saturated carbocycles. The van der Waals surface area contributed by atoms with E-state index in [0.29, 0.717) is 0 Å². The summed E-state index contributed by atoms with van der Waals surface area (Å²) in [6, 6.07) is 6.70.